The van der Waals surface area contributed by atoms with E-state index in [0.29, 0.717) is 17.0 Å². The van der Waals surface area contributed by atoms with Crippen LogP contribution in [0.15, 0.2) is 4.73 Å². The Hall–Kier alpha value is -0.710. The van der Waals surface area contributed by atoms with Gasteiger partial charge in [-0.1, -0.05) is 0 Å². The van der Waals surface area contributed by atoms with Crippen molar-refractivity contribution in [2.24, 2.45) is 7.05 Å². The van der Waals surface area contributed by atoms with Crippen molar-refractivity contribution in [3.05, 3.63) is 10.6 Å². The molecule has 0 atom stereocenters. The highest BCUT2D eigenvalue weighted by Gasteiger charge is 2.06. The maximum absolute atomic E-state index is 10.7. The zero-order valence-corrected chi connectivity index (χ0v) is 7.92. The van der Waals surface area contributed by atoms with Crippen LogP contribution in [0.25, 0.3) is 0 Å². The first-order chi connectivity index (χ1) is 5.09. The topological polar surface area (TPSA) is 47.8 Å². The van der Waals surface area contributed by atoms with E-state index in [4.69, 9.17) is 0 Å². The minimum atomic E-state index is 0.0907. The zero-order chi connectivity index (χ0) is 8.43. The molecule has 60 valence electrons. The zero-order valence-electron chi connectivity index (χ0n) is 6.33. The fourth-order valence-corrected chi connectivity index (χ4v) is 1.20. The van der Waals surface area contributed by atoms with Gasteiger partial charge >= 0.3 is 0 Å². The van der Waals surface area contributed by atoms with Gasteiger partial charge in [0.15, 0.2) is 0 Å². The molecule has 0 N–H and O–H groups in total. The molecule has 0 fully saturated rings. The van der Waals surface area contributed by atoms with Crippen LogP contribution >= 0.6 is 15.9 Å². The molecular formula is C6H8BrN3O. The van der Waals surface area contributed by atoms with Crippen LogP contribution in [0.3, 0.4) is 0 Å². The van der Waals surface area contributed by atoms with Crippen molar-refractivity contribution in [3.8, 4) is 0 Å². The van der Waals surface area contributed by atoms with Gasteiger partial charge in [-0.15, -0.1) is 5.10 Å². The van der Waals surface area contributed by atoms with Crippen molar-refractivity contribution in [2.45, 2.75) is 13.3 Å². The molecule has 5 heteroatoms. The highest BCUT2D eigenvalue weighted by Crippen LogP contribution is 2.03. The van der Waals surface area contributed by atoms with Crippen LogP contribution in [-0.4, -0.2) is 20.5 Å². The molecule has 0 aliphatic heterocycles. The molecule has 1 aromatic heterocycles. The summed E-state index contributed by atoms with van der Waals surface area (Å²) >= 11 is 3.12. The van der Waals surface area contributed by atoms with Gasteiger partial charge in [0, 0.05) is 7.05 Å². The second-order valence-corrected chi connectivity index (χ2v) is 3.01. The minimum Gasteiger partial charge on any atom is -0.300 e. The van der Waals surface area contributed by atoms with E-state index in [1.807, 2.05) is 0 Å². The molecule has 0 bridgehead atoms. The van der Waals surface area contributed by atoms with Crippen molar-refractivity contribution in [3.63, 3.8) is 0 Å². The molecule has 0 amide bonds. The number of Topliss-reactive ketones (excluding diaryl/α,β-unsaturated/α-hetero) is 1. The molecule has 0 radical (unpaired) electrons. The minimum absolute atomic E-state index is 0.0907. The van der Waals surface area contributed by atoms with Gasteiger partial charge in [-0.05, 0) is 22.9 Å². The average molecular weight is 218 g/mol. The quantitative estimate of drug-likeness (QED) is 0.734. The number of aryl methyl sites for hydroxylation is 1. The van der Waals surface area contributed by atoms with Gasteiger partial charge in [-0.25, -0.2) is 4.98 Å². The summed E-state index contributed by atoms with van der Waals surface area (Å²) < 4.78 is 2.11. The van der Waals surface area contributed by atoms with Crippen LogP contribution in [0.4, 0.5) is 0 Å². The summed E-state index contributed by atoms with van der Waals surface area (Å²) in [4.78, 5) is 14.7. The van der Waals surface area contributed by atoms with Crippen molar-refractivity contribution >= 4 is 21.7 Å². The number of halogens is 1. The van der Waals surface area contributed by atoms with Crippen LogP contribution in [-0.2, 0) is 18.3 Å². The Kier molecular flexibility index (Phi) is 2.38. The molecule has 4 nitrogen and oxygen atoms in total. The molecular weight excluding hydrogens is 210 g/mol. The van der Waals surface area contributed by atoms with Gasteiger partial charge in [0.1, 0.15) is 11.6 Å². The Labute approximate surface area is 72.7 Å². The maximum atomic E-state index is 10.7. The summed E-state index contributed by atoms with van der Waals surface area (Å²) in [5.74, 6) is 0.775. The van der Waals surface area contributed by atoms with Crippen molar-refractivity contribution in [1.29, 1.82) is 0 Å². The first-order valence-corrected chi connectivity index (χ1v) is 3.93. The number of rotatable bonds is 2. The molecule has 1 rings (SSSR count). The first-order valence-electron chi connectivity index (χ1n) is 3.14. The fourth-order valence-electron chi connectivity index (χ4n) is 0.759. The monoisotopic (exact) mass is 217 g/mol. The van der Waals surface area contributed by atoms with E-state index in [1.54, 1.807) is 11.7 Å². The summed E-state index contributed by atoms with van der Waals surface area (Å²) in [6.45, 7) is 1.53. The van der Waals surface area contributed by atoms with E-state index in [9.17, 15) is 4.79 Å². The third-order valence-electron chi connectivity index (χ3n) is 1.23. The molecule has 0 aliphatic rings. The number of nitrogens with zero attached hydrogens (tertiary/aromatic N) is 3. The van der Waals surface area contributed by atoms with Gasteiger partial charge in [0.25, 0.3) is 0 Å². The summed E-state index contributed by atoms with van der Waals surface area (Å²) in [6, 6.07) is 0. The molecule has 11 heavy (non-hydrogen) atoms. The largest absolute Gasteiger partial charge is 0.300 e. The second-order valence-electron chi connectivity index (χ2n) is 2.30. The van der Waals surface area contributed by atoms with Crippen LogP contribution in [0.2, 0.25) is 0 Å². The van der Waals surface area contributed by atoms with Crippen molar-refractivity contribution in [2.75, 3.05) is 0 Å². The number of hydrogen-bond acceptors (Lipinski definition) is 3. The van der Waals surface area contributed by atoms with E-state index in [2.05, 4.69) is 26.0 Å². The summed E-state index contributed by atoms with van der Waals surface area (Å²) in [6.07, 6.45) is 0.342. The van der Waals surface area contributed by atoms with Crippen LogP contribution < -0.4 is 0 Å². The third-order valence-corrected chi connectivity index (χ3v) is 1.57. The molecule has 0 aromatic carbocycles. The Bertz CT molecular complexity index is 281. The van der Waals surface area contributed by atoms with E-state index in [1.165, 1.54) is 6.92 Å². The smallest absolute Gasteiger partial charge is 0.217 e. The SMILES string of the molecule is CC(=O)Cc1nc(Br)nn1C. The summed E-state index contributed by atoms with van der Waals surface area (Å²) in [5, 5.41) is 3.93. The van der Waals surface area contributed by atoms with Gasteiger partial charge in [0.2, 0.25) is 4.73 Å². The van der Waals surface area contributed by atoms with Crippen LogP contribution in [0, 0.1) is 0 Å². The highest BCUT2D eigenvalue weighted by molar-refractivity contribution is 9.10. The lowest BCUT2D eigenvalue weighted by Gasteiger charge is -1.93. The maximum Gasteiger partial charge on any atom is 0.217 e. The number of hydrogen-bond donors (Lipinski definition) is 0. The van der Waals surface area contributed by atoms with Crippen LogP contribution in [0.5, 0.6) is 0 Å². The van der Waals surface area contributed by atoms with Gasteiger partial charge in [-0.2, -0.15) is 0 Å². The van der Waals surface area contributed by atoms with Gasteiger partial charge in [0.05, 0.1) is 6.42 Å². The first kappa shape index (κ1) is 8.39. The van der Waals surface area contributed by atoms with E-state index in [-0.39, 0.29) is 5.78 Å². The Morgan fingerprint density at radius 3 is 2.73 bits per heavy atom. The Morgan fingerprint density at radius 2 is 2.36 bits per heavy atom. The number of ketones is 1. The van der Waals surface area contributed by atoms with Crippen molar-refractivity contribution < 1.29 is 4.79 Å². The lowest BCUT2D eigenvalue weighted by atomic mass is 10.3. The third kappa shape index (κ3) is 2.11. The molecule has 1 aromatic rings. The Morgan fingerprint density at radius 1 is 1.73 bits per heavy atom. The van der Waals surface area contributed by atoms with E-state index >= 15 is 0 Å². The Balaban J connectivity index is 2.85. The molecule has 0 spiro atoms. The van der Waals surface area contributed by atoms with Gasteiger partial charge in [-0.3, -0.25) is 9.48 Å². The predicted octanol–water partition coefficient (Wildman–Crippen LogP) is 0.709. The summed E-state index contributed by atoms with van der Waals surface area (Å²) in [7, 11) is 1.76. The summed E-state index contributed by atoms with van der Waals surface area (Å²) in [5.41, 5.74) is 0. The number of carbonyl (C=O) groups excluding carboxylic acids is 1. The van der Waals surface area contributed by atoms with Crippen LogP contribution in [0.1, 0.15) is 12.7 Å². The predicted molar refractivity (Wildman–Crippen MR) is 43.1 cm³/mol. The number of carbonyl (C=O) groups is 1. The molecule has 1 heterocycles. The number of aromatic nitrogens is 3. The van der Waals surface area contributed by atoms with Crippen molar-refractivity contribution in [1.82, 2.24) is 14.8 Å². The van der Waals surface area contributed by atoms with E-state index in [0.717, 1.165) is 0 Å². The molecule has 0 unspecified atom stereocenters. The molecule has 0 saturated heterocycles. The molecule has 0 aliphatic carbocycles. The highest BCUT2D eigenvalue weighted by atomic mass is 79.9. The van der Waals surface area contributed by atoms with E-state index < -0.39 is 0 Å². The standard InChI is InChI=1S/C6H8BrN3O/c1-4(11)3-5-8-6(7)9-10(5)2/h3H2,1-2H3. The second kappa shape index (κ2) is 3.13. The lowest BCUT2D eigenvalue weighted by Crippen LogP contribution is -2.04. The lowest BCUT2D eigenvalue weighted by molar-refractivity contribution is -0.116. The van der Waals surface area contributed by atoms with Gasteiger partial charge < -0.3 is 0 Å². The fraction of sp³-hybridized carbons (Fsp3) is 0.500. The average Bonchev–Trinajstić information content (AvgIpc) is 2.09. The molecule has 0 saturated carbocycles. The normalized spacial score (nSPS) is 10.1.